The van der Waals surface area contributed by atoms with Gasteiger partial charge in [-0.2, -0.15) is 0 Å². The van der Waals surface area contributed by atoms with Crippen LogP contribution in [0.15, 0.2) is 47.4 Å². The van der Waals surface area contributed by atoms with Gasteiger partial charge in [-0.25, -0.2) is 13.1 Å². The minimum atomic E-state index is -3.50. The Hall–Kier alpha value is -1.43. The van der Waals surface area contributed by atoms with Crippen molar-refractivity contribution < 1.29 is 8.42 Å². The van der Waals surface area contributed by atoms with Crippen molar-refractivity contribution in [1.29, 1.82) is 0 Å². The number of nitrogens with one attached hydrogen (secondary N) is 1. The fourth-order valence-corrected chi connectivity index (χ4v) is 4.19. The molecule has 0 radical (unpaired) electrons. The normalized spacial score (nSPS) is 12.1. The van der Waals surface area contributed by atoms with E-state index in [1.54, 1.807) is 12.1 Å². The van der Waals surface area contributed by atoms with Crippen LogP contribution in [0.3, 0.4) is 0 Å². The molecule has 0 atom stereocenters. The third kappa shape index (κ3) is 5.80. The maximum atomic E-state index is 12.7. The van der Waals surface area contributed by atoms with Crippen molar-refractivity contribution in [3.8, 4) is 0 Å². The number of hydrogen-bond acceptors (Lipinski definition) is 3. The molecule has 0 bridgehead atoms. The van der Waals surface area contributed by atoms with E-state index in [0.29, 0.717) is 11.4 Å². The Morgan fingerprint density at radius 1 is 0.880 bits per heavy atom. The highest BCUT2D eigenvalue weighted by molar-refractivity contribution is 7.89. The highest BCUT2D eigenvalue weighted by atomic mass is 32.2. The number of unbranched alkanes of at least 4 members (excludes halogenated alkanes) is 2. The maximum absolute atomic E-state index is 12.7. The first-order valence-corrected chi connectivity index (χ1v) is 10.8. The van der Waals surface area contributed by atoms with Gasteiger partial charge in [0.15, 0.2) is 0 Å². The average molecular weight is 363 g/mol. The van der Waals surface area contributed by atoms with Crippen LogP contribution >= 0.6 is 0 Å². The maximum Gasteiger partial charge on any atom is 0.241 e. The summed E-state index contributed by atoms with van der Waals surface area (Å²) in [7, 11) is -3.50. The first-order valence-electron chi connectivity index (χ1n) is 9.28. The van der Waals surface area contributed by atoms with Crippen LogP contribution in [0.4, 0.5) is 0 Å². The molecular weight excluding hydrogens is 332 g/mol. The summed E-state index contributed by atoms with van der Waals surface area (Å²) in [6.45, 7) is 7.63. The fraction of sp³-hybridized carbons (Fsp3) is 0.500. The Balaban J connectivity index is 2.02. The molecule has 0 saturated carbocycles. The van der Waals surface area contributed by atoms with E-state index in [0.717, 1.165) is 56.1 Å². The van der Waals surface area contributed by atoms with Gasteiger partial charge in [0.1, 0.15) is 0 Å². The molecular formula is C20H30N2O2S. The molecule has 2 aromatic carbocycles. The lowest BCUT2D eigenvalue weighted by atomic mass is 10.1. The quantitative estimate of drug-likeness (QED) is 0.657. The van der Waals surface area contributed by atoms with Crippen LogP contribution in [0.2, 0.25) is 0 Å². The molecule has 0 heterocycles. The summed E-state index contributed by atoms with van der Waals surface area (Å²) < 4.78 is 28.2. The minimum Gasteiger partial charge on any atom is -0.302 e. The fourth-order valence-electron chi connectivity index (χ4n) is 2.94. The SMILES string of the molecule is CCCCN(CCCC)CCNS(=O)(=O)c1cccc2ccccc12. The van der Waals surface area contributed by atoms with Crippen molar-refractivity contribution in [1.82, 2.24) is 9.62 Å². The van der Waals surface area contributed by atoms with Gasteiger partial charge in [-0.05, 0) is 37.4 Å². The van der Waals surface area contributed by atoms with Crippen LogP contribution in [-0.2, 0) is 10.0 Å². The summed E-state index contributed by atoms with van der Waals surface area (Å²) in [5.41, 5.74) is 0. The van der Waals surface area contributed by atoms with E-state index in [4.69, 9.17) is 0 Å². The highest BCUT2D eigenvalue weighted by Gasteiger charge is 2.17. The number of sulfonamides is 1. The molecule has 25 heavy (non-hydrogen) atoms. The van der Waals surface area contributed by atoms with Crippen LogP contribution < -0.4 is 4.72 Å². The third-order valence-corrected chi connectivity index (χ3v) is 5.93. The van der Waals surface area contributed by atoms with Gasteiger partial charge in [-0.1, -0.05) is 63.1 Å². The second kappa shape index (κ2) is 9.90. The first-order chi connectivity index (χ1) is 12.1. The molecule has 2 rings (SSSR count). The Morgan fingerprint density at radius 2 is 1.52 bits per heavy atom. The zero-order valence-electron chi connectivity index (χ0n) is 15.4. The number of hydrogen-bond donors (Lipinski definition) is 1. The van der Waals surface area contributed by atoms with Crippen molar-refractivity contribution in [2.45, 2.75) is 44.4 Å². The van der Waals surface area contributed by atoms with Gasteiger partial charge < -0.3 is 4.90 Å². The lowest BCUT2D eigenvalue weighted by Gasteiger charge is -2.22. The molecule has 0 unspecified atom stereocenters. The molecule has 0 aliphatic carbocycles. The van der Waals surface area contributed by atoms with E-state index >= 15 is 0 Å². The number of fused-ring (bicyclic) bond motifs is 1. The van der Waals surface area contributed by atoms with Gasteiger partial charge in [0.25, 0.3) is 0 Å². The smallest absolute Gasteiger partial charge is 0.241 e. The van der Waals surface area contributed by atoms with Crippen LogP contribution in [-0.4, -0.2) is 39.5 Å². The molecule has 0 amide bonds. The molecule has 0 spiro atoms. The van der Waals surface area contributed by atoms with E-state index < -0.39 is 10.0 Å². The van der Waals surface area contributed by atoms with Gasteiger partial charge in [-0.15, -0.1) is 0 Å². The standard InChI is InChI=1S/C20H30N2O2S/c1-3-5-15-22(16-6-4-2)17-14-21-25(23,24)20-13-9-11-18-10-7-8-12-19(18)20/h7-13,21H,3-6,14-17H2,1-2H3. The lowest BCUT2D eigenvalue weighted by molar-refractivity contribution is 0.269. The van der Waals surface area contributed by atoms with E-state index in [9.17, 15) is 8.42 Å². The van der Waals surface area contributed by atoms with Crippen molar-refractivity contribution >= 4 is 20.8 Å². The largest absolute Gasteiger partial charge is 0.302 e. The zero-order chi connectivity index (χ0) is 18.1. The Kier molecular flexibility index (Phi) is 7.88. The molecule has 2 aromatic rings. The monoisotopic (exact) mass is 362 g/mol. The molecule has 0 saturated heterocycles. The third-order valence-electron chi connectivity index (χ3n) is 4.42. The Morgan fingerprint density at radius 3 is 2.20 bits per heavy atom. The van der Waals surface area contributed by atoms with Gasteiger partial charge >= 0.3 is 0 Å². The van der Waals surface area contributed by atoms with E-state index in [1.165, 1.54) is 0 Å². The predicted molar refractivity (Wildman–Crippen MR) is 105 cm³/mol. The summed E-state index contributed by atoms with van der Waals surface area (Å²) in [5, 5.41) is 1.71. The van der Waals surface area contributed by atoms with Crippen molar-refractivity contribution in [3.63, 3.8) is 0 Å². The second-order valence-electron chi connectivity index (χ2n) is 6.42. The van der Waals surface area contributed by atoms with E-state index in [-0.39, 0.29) is 0 Å². The number of rotatable bonds is 11. The topological polar surface area (TPSA) is 49.4 Å². The van der Waals surface area contributed by atoms with Crippen LogP contribution in [0.25, 0.3) is 10.8 Å². The number of nitrogens with zero attached hydrogens (tertiary/aromatic N) is 1. The molecule has 4 nitrogen and oxygen atoms in total. The summed E-state index contributed by atoms with van der Waals surface area (Å²) in [5.74, 6) is 0. The molecule has 5 heteroatoms. The van der Waals surface area contributed by atoms with Gasteiger partial charge in [0.2, 0.25) is 10.0 Å². The van der Waals surface area contributed by atoms with Crippen LogP contribution in [0.1, 0.15) is 39.5 Å². The van der Waals surface area contributed by atoms with E-state index in [1.807, 2.05) is 30.3 Å². The van der Waals surface area contributed by atoms with Crippen LogP contribution in [0.5, 0.6) is 0 Å². The van der Waals surface area contributed by atoms with Gasteiger partial charge in [0.05, 0.1) is 4.90 Å². The molecule has 0 fully saturated rings. The van der Waals surface area contributed by atoms with E-state index in [2.05, 4.69) is 23.5 Å². The van der Waals surface area contributed by atoms with Crippen molar-refractivity contribution in [3.05, 3.63) is 42.5 Å². The predicted octanol–water partition coefficient (Wildman–Crippen LogP) is 4.02. The minimum absolute atomic E-state index is 0.360. The summed E-state index contributed by atoms with van der Waals surface area (Å²) in [4.78, 5) is 2.72. The molecule has 0 aliphatic rings. The molecule has 0 aliphatic heterocycles. The average Bonchev–Trinajstić information content (AvgIpc) is 2.62. The van der Waals surface area contributed by atoms with Gasteiger partial charge in [-0.3, -0.25) is 0 Å². The summed E-state index contributed by atoms with van der Waals surface area (Å²) >= 11 is 0. The van der Waals surface area contributed by atoms with Crippen molar-refractivity contribution in [2.24, 2.45) is 0 Å². The molecule has 1 N–H and O–H groups in total. The summed E-state index contributed by atoms with van der Waals surface area (Å²) in [6, 6.07) is 13.0. The Labute approximate surface area is 152 Å². The Bertz CT molecular complexity index is 746. The summed E-state index contributed by atoms with van der Waals surface area (Å²) in [6.07, 6.45) is 4.62. The molecule has 0 aromatic heterocycles. The molecule has 138 valence electrons. The first kappa shape index (κ1) is 19.9. The van der Waals surface area contributed by atoms with Crippen molar-refractivity contribution in [2.75, 3.05) is 26.2 Å². The zero-order valence-corrected chi connectivity index (χ0v) is 16.2. The lowest BCUT2D eigenvalue weighted by Crippen LogP contribution is -2.36. The number of benzene rings is 2. The van der Waals surface area contributed by atoms with Crippen LogP contribution in [0, 0.1) is 0 Å². The second-order valence-corrected chi connectivity index (χ2v) is 8.16. The highest BCUT2D eigenvalue weighted by Crippen LogP contribution is 2.22. The van der Waals surface area contributed by atoms with Gasteiger partial charge in [0, 0.05) is 18.5 Å².